The third kappa shape index (κ3) is 2.83. The summed E-state index contributed by atoms with van der Waals surface area (Å²) >= 11 is 1.64. The summed E-state index contributed by atoms with van der Waals surface area (Å²) in [6.45, 7) is 6.42. The Labute approximate surface area is 135 Å². The van der Waals surface area contributed by atoms with Crippen LogP contribution in [0.2, 0.25) is 0 Å². The van der Waals surface area contributed by atoms with Gasteiger partial charge in [-0.1, -0.05) is 0 Å². The standard InChI is InChI=1S/C17H23N3OS/c1-11-8-20(9-12(2)18-11)13-5-6-16-14(7-13)15(10-22-16)17(21)19(3)4/h5-7,10-12,18H,8-9H2,1-4H3/t11-,12+. The monoisotopic (exact) mass is 317 g/mol. The molecule has 2 aromatic rings. The van der Waals surface area contributed by atoms with E-state index in [0.717, 1.165) is 24.0 Å². The summed E-state index contributed by atoms with van der Waals surface area (Å²) in [5.74, 6) is 0.0745. The fraction of sp³-hybridized carbons (Fsp3) is 0.471. The number of benzene rings is 1. The molecule has 1 aliphatic heterocycles. The summed E-state index contributed by atoms with van der Waals surface area (Å²) in [7, 11) is 3.60. The zero-order valence-electron chi connectivity index (χ0n) is 13.6. The molecule has 118 valence electrons. The average Bonchev–Trinajstić information content (AvgIpc) is 2.88. The maximum absolute atomic E-state index is 12.3. The number of carbonyl (C=O) groups is 1. The molecule has 0 aliphatic carbocycles. The van der Waals surface area contributed by atoms with E-state index in [9.17, 15) is 4.79 Å². The summed E-state index contributed by atoms with van der Waals surface area (Å²) in [6.07, 6.45) is 0. The molecule has 1 saturated heterocycles. The molecule has 1 aliphatic rings. The zero-order chi connectivity index (χ0) is 15.9. The zero-order valence-corrected chi connectivity index (χ0v) is 14.4. The minimum atomic E-state index is 0.0745. The predicted octanol–water partition coefficient (Wildman–Crippen LogP) is 2.79. The molecule has 1 amide bonds. The Hall–Kier alpha value is -1.59. The molecular formula is C17H23N3OS. The van der Waals surface area contributed by atoms with Crippen LogP contribution in [-0.4, -0.2) is 50.1 Å². The SMILES string of the molecule is C[C@@H]1CN(c2ccc3scc(C(=O)N(C)C)c3c2)C[C@H](C)N1. The molecule has 0 unspecified atom stereocenters. The molecule has 1 fully saturated rings. The number of hydrogen-bond acceptors (Lipinski definition) is 4. The Balaban J connectivity index is 1.98. The van der Waals surface area contributed by atoms with Gasteiger partial charge in [0.1, 0.15) is 0 Å². The van der Waals surface area contributed by atoms with Gasteiger partial charge in [-0.2, -0.15) is 0 Å². The number of amides is 1. The van der Waals surface area contributed by atoms with Crippen molar-refractivity contribution in [2.45, 2.75) is 25.9 Å². The van der Waals surface area contributed by atoms with Gasteiger partial charge in [-0.25, -0.2) is 0 Å². The van der Waals surface area contributed by atoms with Crippen molar-refractivity contribution in [3.05, 3.63) is 29.1 Å². The van der Waals surface area contributed by atoms with E-state index in [4.69, 9.17) is 0 Å². The topological polar surface area (TPSA) is 35.6 Å². The Morgan fingerprint density at radius 3 is 2.59 bits per heavy atom. The first-order chi connectivity index (χ1) is 10.5. The molecule has 22 heavy (non-hydrogen) atoms. The number of rotatable bonds is 2. The van der Waals surface area contributed by atoms with Crippen LogP contribution in [0.5, 0.6) is 0 Å². The van der Waals surface area contributed by atoms with E-state index in [1.54, 1.807) is 30.3 Å². The molecule has 2 atom stereocenters. The van der Waals surface area contributed by atoms with Crippen LogP contribution in [0.1, 0.15) is 24.2 Å². The quantitative estimate of drug-likeness (QED) is 0.925. The second kappa shape index (κ2) is 5.89. The lowest BCUT2D eigenvalue weighted by molar-refractivity contribution is 0.0830. The van der Waals surface area contributed by atoms with Gasteiger partial charge >= 0.3 is 0 Å². The molecular weight excluding hydrogens is 294 g/mol. The highest BCUT2D eigenvalue weighted by atomic mass is 32.1. The van der Waals surface area contributed by atoms with E-state index < -0.39 is 0 Å². The molecule has 0 radical (unpaired) electrons. The van der Waals surface area contributed by atoms with Gasteiger partial charge in [0.25, 0.3) is 5.91 Å². The Morgan fingerprint density at radius 1 is 1.27 bits per heavy atom. The molecule has 1 N–H and O–H groups in total. The second-order valence-corrected chi connectivity index (χ2v) is 7.31. The van der Waals surface area contributed by atoms with Crippen LogP contribution in [0, 0.1) is 0 Å². The van der Waals surface area contributed by atoms with Crippen LogP contribution in [0.3, 0.4) is 0 Å². The van der Waals surface area contributed by atoms with Crippen molar-refractivity contribution in [3.8, 4) is 0 Å². The van der Waals surface area contributed by atoms with Crippen molar-refractivity contribution < 1.29 is 4.79 Å². The van der Waals surface area contributed by atoms with Crippen LogP contribution in [0.25, 0.3) is 10.1 Å². The number of nitrogens with one attached hydrogen (secondary N) is 1. The van der Waals surface area contributed by atoms with Gasteiger partial charge in [0, 0.05) is 60.4 Å². The van der Waals surface area contributed by atoms with Crippen LogP contribution < -0.4 is 10.2 Å². The predicted molar refractivity (Wildman–Crippen MR) is 94.1 cm³/mol. The fourth-order valence-electron chi connectivity index (χ4n) is 3.16. The van der Waals surface area contributed by atoms with Gasteiger partial charge in [-0.05, 0) is 32.0 Å². The molecule has 1 aromatic heterocycles. The van der Waals surface area contributed by atoms with E-state index in [0.29, 0.717) is 12.1 Å². The van der Waals surface area contributed by atoms with Gasteiger partial charge in [0.15, 0.2) is 0 Å². The molecule has 3 rings (SSSR count). The highest BCUT2D eigenvalue weighted by molar-refractivity contribution is 7.17. The highest BCUT2D eigenvalue weighted by Gasteiger charge is 2.22. The maximum Gasteiger partial charge on any atom is 0.254 e. The van der Waals surface area contributed by atoms with Gasteiger partial charge < -0.3 is 15.1 Å². The molecule has 4 nitrogen and oxygen atoms in total. The van der Waals surface area contributed by atoms with Gasteiger partial charge in [-0.15, -0.1) is 11.3 Å². The maximum atomic E-state index is 12.3. The van der Waals surface area contributed by atoms with E-state index in [2.05, 4.69) is 42.3 Å². The number of hydrogen-bond donors (Lipinski definition) is 1. The van der Waals surface area contributed by atoms with Crippen molar-refractivity contribution >= 4 is 33.0 Å². The van der Waals surface area contributed by atoms with E-state index in [-0.39, 0.29) is 5.91 Å². The first kappa shape index (κ1) is 15.3. The lowest BCUT2D eigenvalue weighted by Gasteiger charge is -2.37. The van der Waals surface area contributed by atoms with Gasteiger partial charge in [0.2, 0.25) is 0 Å². The Kier molecular flexibility index (Phi) is 4.10. The summed E-state index contributed by atoms with van der Waals surface area (Å²) in [6, 6.07) is 7.44. The normalized spacial score (nSPS) is 22.1. The third-order valence-electron chi connectivity index (χ3n) is 4.12. The van der Waals surface area contributed by atoms with E-state index in [1.165, 1.54) is 10.4 Å². The largest absolute Gasteiger partial charge is 0.368 e. The highest BCUT2D eigenvalue weighted by Crippen LogP contribution is 2.31. The molecule has 0 spiro atoms. The van der Waals surface area contributed by atoms with Crippen molar-refractivity contribution in [3.63, 3.8) is 0 Å². The van der Waals surface area contributed by atoms with Crippen LogP contribution >= 0.6 is 11.3 Å². The summed E-state index contributed by atoms with van der Waals surface area (Å²) in [4.78, 5) is 16.4. The second-order valence-electron chi connectivity index (χ2n) is 6.40. The Morgan fingerprint density at radius 2 is 1.95 bits per heavy atom. The number of anilines is 1. The summed E-state index contributed by atoms with van der Waals surface area (Å²) in [5, 5.41) is 6.60. The number of thiophene rings is 1. The fourth-order valence-corrected chi connectivity index (χ4v) is 4.07. The molecule has 2 heterocycles. The number of carbonyl (C=O) groups excluding carboxylic acids is 1. The number of fused-ring (bicyclic) bond motifs is 1. The van der Waals surface area contributed by atoms with E-state index >= 15 is 0 Å². The van der Waals surface area contributed by atoms with Crippen LogP contribution in [-0.2, 0) is 0 Å². The van der Waals surface area contributed by atoms with E-state index in [1.807, 2.05) is 5.38 Å². The number of piperazine rings is 1. The van der Waals surface area contributed by atoms with Crippen molar-refractivity contribution in [1.29, 1.82) is 0 Å². The lowest BCUT2D eigenvalue weighted by Crippen LogP contribution is -2.54. The van der Waals surface area contributed by atoms with Crippen LogP contribution in [0.15, 0.2) is 23.6 Å². The van der Waals surface area contributed by atoms with Gasteiger partial charge in [-0.3, -0.25) is 4.79 Å². The summed E-state index contributed by atoms with van der Waals surface area (Å²) in [5.41, 5.74) is 2.02. The van der Waals surface area contributed by atoms with Crippen molar-refractivity contribution in [2.24, 2.45) is 0 Å². The third-order valence-corrected chi connectivity index (χ3v) is 5.08. The molecule has 0 bridgehead atoms. The van der Waals surface area contributed by atoms with Gasteiger partial charge in [0.05, 0.1) is 5.56 Å². The molecule has 1 aromatic carbocycles. The van der Waals surface area contributed by atoms with Crippen LogP contribution in [0.4, 0.5) is 5.69 Å². The molecule has 5 heteroatoms. The lowest BCUT2D eigenvalue weighted by atomic mass is 10.1. The smallest absolute Gasteiger partial charge is 0.254 e. The first-order valence-corrected chi connectivity index (χ1v) is 8.57. The molecule has 0 saturated carbocycles. The van der Waals surface area contributed by atoms with Crippen molar-refractivity contribution in [2.75, 3.05) is 32.1 Å². The van der Waals surface area contributed by atoms with Crippen molar-refractivity contribution in [1.82, 2.24) is 10.2 Å². The number of nitrogens with zero attached hydrogens (tertiary/aromatic N) is 2. The summed E-state index contributed by atoms with van der Waals surface area (Å²) < 4.78 is 1.17. The Bertz CT molecular complexity index is 684. The average molecular weight is 317 g/mol. The first-order valence-electron chi connectivity index (χ1n) is 7.69. The minimum Gasteiger partial charge on any atom is -0.368 e. The minimum absolute atomic E-state index is 0.0745.